The van der Waals surface area contributed by atoms with Gasteiger partial charge in [-0.25, -0.2) is 0 Å². The molecular weight excluding hydrogens is 242 g/mol. The van der Waals surface area contributed by atoms with Crippen LogP contribution in [0.15, 0.2) is 29.4 Å². The van der Waals surface area contributed by atoms with E-state index in [9.17, 15) is 5.11 Å². The highest BCUT2D eigenvalue weighted by Crippen LogP contribution is 2.40. The summed E-state index contributed by atoms with van der Waals surface area (Å²) in [4.78, 5) is 2.35. The molecule has 0 spiro atoms. The molecule has 19 heavy (non-hydrogen) atoms. The summed E-state index contributed by atoms with van der Waals surface area (Å²) in [6.45, 7) is 0. The number of aliphatic hydroxyl groups is 1. The summed E-state index contributed by atoms with van der Waals surface area (Å²) >= 11 is 0. The first-order valence-corrected chi connectivity index (χ1v) is 6.74. The molecule has 2 fully saturated rings. The topological polar surface area (TPSA) is 82.1 Å². The zero-order chi connectivity index (χ0) is 13.4. The lowest BCUT2D eigenvalue weighted by molar-refractivity contribution is 0.126. The molecule has 5 nitrogen and oxygen atoms in total. The monoisotopic (exact) mass is 261 g/mol. The largest absolute Gasteiger partial charge is 0.409 e. The molecule has 2 unspecified atom stereocenters. The van der Waals surface area contributed by atoms with Crippen molar-refractivity contribution in [2.45, 2.75) is 43.9 Å². The number of para-hydroxylation sites is 1. The second kappa shape index (κ2) is 4.74. The molecule has 102 valence electrons. The van der Waals surface area contributed by atoms with Crippen LogP contribution in [0.4, 0.5) is 5.69 Å². The van der Waals surface area contributed by atoms with Gasteiger partial charge in [0.05, 0.1) is 6.10 Å². The highest BCUT2D eigenvalue weighted by molar-refractivity contribution is 6.02. The van der Waals surface area contributed by atoms with E-state index in [1.54, 1.807) is 0 Å². The number of rotatable bonds is 2. The maximum atomic E-state index is 9.86. The Labute approximate surface area is 112 Å². The average molecular weight is 261 g/mol. The van der Waals surface area contributed by atoms with Crippen LogP contribution in [0, 0.1) is 0 Å². The number of anilines is 1. The van der Waals surface area contributed by atoms with Gasteiger partial charge >= 0.3 is 0 Å². The summed E-state index contributed by atoms with van der Waals surface area (Å²) in [5, 5.41) is 21.9. The molecule has 5 heteroatoms. The van der Waals surface area contributed by atoms with Crippen LogP contribution in [-0.4, -0.2) is 34.3 Å². The van der Waals surface area contributed by atoms with E-state index in [0.29, 0.717) is 12.1 Å². The molecule has 0 amide bonds. The summed E-state index contributed by atoms with van der Waals surface area (Å²) in [5.41, 5.74) is 7.54. The van der Waals surface area contributed by atoms with E-state index in [1.807, 2.05) is 24.3 Å². The minimum absolute atomic E-state index is 0.140. The summed E-state index contributed by atoms with van der Waals surface area (Å²) in [6, 6.07) is 8.46. The zero-order valence-electron chi connectivity index (χ0n) is 10.7. The first-order valence-electron chi connectivity index (χ1n) is 6.74. The fourth-order valence-corrected chi connectivity index (χ4v) is 3.51. The number of hydrogen-bond donors (Lipinski definition) is 3. The Kier molecular flexibility index (Phi) is 3.06. The van der Waals surface area contributed by atoms with E-state index in [1.165, 1.54) is 0 Å². The zero-order valence-corrected chi connectivity index (χ0v) is 10.7. The molecule has 3 rings (SSSR count). The Morgan fingerprint density at radius 3 is 2.47 bits per heavy atom. The highest BCUT2D eigenvalue weighted by Gasteiger charge is 2.41. The van der Waals surface area contributed by atoms with Gasteiger partial charge in [0.25, 0.3) is 0 Å². The van der Waals surface area contributed by atoms with Crippen LogP contribution in [0.25, 0.3) is 0 Å². The molecule has 0 aromatic heterocycles. The first kappa shape index (κ1) is 12.3. The second-order valence-corrected chi connectivity index (χ2v) is 5.42. The Hall–Kier alpha value is -1.75. The number of benzene rings is 1. The third-order valence-electron chi connectivity index (χ3n) is 4.27. The van der Waals surface area contributed by atoms with Gasteiger partial charge in [-0.1, -0.05) is 17.3 Å². The molecule has 1 aromatic carbocycles. The van der Waals surface area contributed by atoms with Crippen molar-refractivity contribution < 1.29 is 10.3 Å². The van der Waals surface area contributed by atoms with Crippen LogP contribution in [0.5, 0.6) is 0 Å². The molecule has 4 N–H and O–H groups in total. The van der Waals surface area contributed by atoms with Crippen molar-refractivity contribution >= 4 is 11.5 Å². The van der Waals surface area contributed by atoms with Crippen LogP contribution in [-0.2, 0) is 0 Å². The minimum Gasteiger partial charge on any atom is -0.409 e. The van der Waals surface area contributed by atoms with E-state index in [2.05, 4.69) is 10.1 Å². The van der Waals surface area contributed by atoms with Crippen molar-refractivity contribution in [1.82, 2.24) is 0 Å². The van der Waals surface area contributed by atoms with Gasteiger partial charge in [0.15, 0.2) is 5.84 Å². The van der Waals surface area contributed by atoms with Gasteiger partial charge in [0.1, 0.15) is 0 Å². The smallest absolute Gasteiger partial charge is 0.172 e. The van der Waals surface area contributed by atoms with Gasteiger partial charge in [-0.15, -0.1) is 0 Å². The maximum absolute atomic E-state index is 9.86. The van der Waals surface area contributed by atoms with E-state index < -0.39 is 0 Å². The van der Waals surface area contributed by atoms with Gasteiger partial charge in [-0.05, 0) is 37.8 Å². The summed E-state index contributed by atoms with van der Waals surface area (Å²) in [5.74, 6) is 0.140. The number of amidine groups is 1. The second-order valence-electron chi connectivity index (χ2n) is 5.42. The van der Waals surface area contributed by atoms with Gasteiger partial charge in [-0.3, -0.25) is 0 Å². The molecule has 2 saturated heterocycles. The number of aliphatic hydroxyl groups excluding tert-OH is 1. The van der Waals surface area contributed by atoms with E-state index in [-0.39, 0.29) is 11.9 Å². The van der Waals surface area contributed by atoms with Crippen LogP contribution in [0.3, 0.4) is 0 Å². The molecule has 2 atom stereocenters. The van der Waals surface area contributed by atoms with Crippen molar-refractivity contribution in [2.24, 2.45) is 10.9 Å². The lowest BCUT2D eigenvalue weighted by Crippen LogP contribution is -2.45. The number of piperidine rings is 1. The highest BCUT2D eigenvalue weighted by atomic mass is 16.4. The summed E-state index contributed by atoms with van der Waals surface area (Å²) in [7, 11) is 0. The number of oxime groups is 1. The van der Waals surface area contributed by atoms with Gasteiger partial charge in [-0.2, -0.15) is 0 Å². The normalized spacial score (nSPS) is 30.7. The fourth-order valence-electron chi connectivity index (χ4n) is 3.51. The Morgan fingerprint density at radius 2 is 1.84 bits per heavy atom. The molecule has 2 aliphatic heterocycles. The molecule has 1 aromatic rings. The van der Waals surface area contributed by atoms with Crippen molar-refractivity contribution in [2.75, 3.05) is 4.90 Å². The Bertz CT molecular complexity index is 489. The molecular formula is C14H19N3O2. The predicted molar refractivity (Wildman–Crippen MR) is 73.5 cm³/mol. The van der Waals surface area contributed by atoms with Crippen LogP contribution < -0.4 is 10.6 Å². The number of nitrogens with zero attached hydrogens (tertiary/aromatic N) is 2. The SMILES string of the molecule is NC(=NO)c1ccccc1N1C2CCC1CC(O)C2. The lowest BCUT2D eigenvalue weighted by Gasteiger charge is -2.39. The summed E-state index contributed by atoms with van der Waals surface area (Å²) in [6.07, 6.45) is 3.63. The van der Waals surface area contributed by atoms with Crippen LogP contribution >= 0.6 is 0 Å². The molecule has 0 aliphatic carbocycles. The van der Waals surface area contributed by atoms with E-state index in [0.717, 1.165) is 36.9 Å². The van der Waals surface area contributed by atoms with Crippen molar-refractivity contribution in [3.8, 4) is 0 Å². The molecule has 0 radical (unpaired) electrons. The van der Waals surface area contributed by atoms with Crippen molar-refractivity contribution in [3.05, 3.63) is 29.8 Å². The molecule has 0 saturated carbocycles. The van der Waals surface area contributed by atoms with Gasteiger partial charge in [0, 0.05) is 23.3 Å². The van der Waals surface area contributed by atoms with Crippen LogP contribution in [0.1, 0.15) is 31.2 Å². The van der Waals surface area contributed by atoms with E-state index in [4.69, 9.17) is 10.9 Å². The fraction of sp³-hybridized carbons (Fsp3) is 0.500. The standard InChI is InChI=1S/C14H19N3O2/c15-14(16-19)12-3-1-2-4-13(12)17-9-5-6-10(17)8-11(18)7-9/h1-4,9-11,18-19H,5-8H2,(H2,15,16). The first-order chi connectivity index (χ1) is 9.20. The maximum Gasteiger partial charge on any atom is 0.172 e. The lowest BCUT2D eigenvalue weighted by atomic mass is 9.97. The third-order valence-corrected chi connectivity index (χ3v) is 4.27. The van der Waals surface area contributed by atoms with Crippen molar-refractivity contribution in [3.63, 3.8) is 0 Å². The van der Waals surface area contributed by atoms with Gasteiger partial charge in [0.2, 0.25) is 0 Å². The van der Waals surface area contributed by atoms with Crippen molar-refractivity contribution in [1.29, 1.82) is 0 Å². The quantitative estimate of drug-likeness (QED) is 0.324. The Balaban J connectivity index is 1.99. The van der Waals surface area contributed by atoms with E-state index >= 15 is 0 Å². The predicted octanol–water partition coefficient (Wildman–Crippen LogP) is 1.27. The summed E-state index contributed by atoms with van der Waals surface area (Å²) < 4.78 is 0. The number of nitrogens with two attached hydrogens (primary N) is 1. The van der Waals surface area contributed by atoms with Gasteiger partial charge < -0.3 is 20.9 Å². The number of fused-ring (bicyclic) bond motifs is 2. The third kappa shape index (κ3) is 2.04. The van der Waals surface area contributed by atoms with Crippen LogP contribution in [0.2, 0.25) is 0 Å². The molecule has 2 aliphatic rings. The molecule has 2 heterocycles. The molecule has 2 bridgehead atoms. The minimum atomic E-state index is -0.190. The average Bonchev–Trinajstić information content (AvgIpc) is 2.70. The number of hydrogen-bond acceptors (Lipinski definition) is 4. The Morgan fingerprint density at radius 1 is 1.21 bits per heavy atom.